The smallest absolute Gasteiger partial charge is 0.173 e. The Kier molecular flexibility index (Phi) is 6.00. The largest absolute Gasteiger partial charge is 0.493 e. The van der Waals surface area contributed by atoms with Crippen molar-refractivity contribution in [3.63, 3.8) is 0 Å². The molecule has 1 N–H and O–H groups in total. The Morgan fingerprint density at radius 1 is 1.19 bits per heavy atom. The monoisotopic (exact) mass is 356 g/mol. The number of aliphatic hydroxyl groups excluding tert-OH is 1. The quantitative estimate of drug-likeness (QED) is 0.619. The third-order valence-corrected chi connectivity index (χ3v) is 3.78. The zero-order valence-corrected chi connectivity index (χ0v) is 15.1. The minimum atomic E-state index is -0.308. The summed E-state index contributed by atoms with van der Waals surface area (Å²) in [6, 6.07) is 5.67. The number of ketones is 1. The molecule has 3 nitrogen and oxygen atoms in total. The first-order valence-corrected chi connectivity index (χ1v) is 8.19. The van der Waals surface area contributed by atoms with Crippen LogP contribution >= 0.6 is 15.9 Å². The number of carbonyl (C=O) groups is 1. The number of benzene rings is 1. The Labute approximate surface area is 135 Å². The summed E-state index contributed by atoms with van der Waals surface area (Å²) in [6.45, 7) is 10.6. The zero-order chi connectivity index (χ0) is 16.3. The second kappa shape index (κ2) is 6.93. The van der Waals surface area contributed by atoms with Crippen molar-refractivity contribution in [2.75, 3.05) is 18.5 Å². The van der Waals surface area contributed by atoms with E-state index in [1.165, 1.54) is 0 Å². The van der Waals surface area contributed by atoms with Gasteiger partial charge in [0, 0.05) is 11.0 Å². The van der Waals surface area contributed by atoms with E-state index < -0.39 is 0 Å². The van der Waals surface area contributed by atoms with Gasteiger partial charge in [0.05, 0.1) is 18.5 Å². The molecular formula is C17H25BrO3. The minimum Gasteiger partial charge on any atom is -0.493 e. The van der Waals surface area contributed by atoms with Crippen LogP contribution in [0, 0.1) is 5.41 Å². The van der Waals surface area contributed by atoms with Crippen molar-refractivity contribution in [3.8, 4) is 5.75 Å². The molecule has 0 aliphatic heterocycles. The molecule has 4 heteroatoms. The normalized spacial score (nSPS) is 12.3. The Hall–Kier alpha value is -0.870. The van der Waals surface area contributed by atoms with Crippen molar-refractivity contribution in [3.05, 3.63) is 29.3 Å². The van der Waals surface area contributed by atoms with Gasteiger partial charge in [-0.05, 0) is 29.2 Å². The number of aliphatic hydroxyl groups is 1. The molecule has 0 amide bonds. The maximum atomic E-state index is 12.0. The molecule has 0 fully saturated rings. The Bertz CT molecular complexity index is 501. The summed E-state index contributed by atoms with van der Waals surface area (Å²) in [5, 5.41) is 9.59. The summed E-state index contributed by atoms with van der Waals surface area (Å²) in [4.78, 5) is 12.0. The molecule has 0 unspecified atom stereocenters. The van der Waals surface area contributed by atoms with Gasteiger partial charge in [-0.1, -0.05) is 50.5 Å². The second-order valence-corrected chi connectivity index (χ2v) is 7.72. The number of alkyl halides is 1. The van der Waals surface area contributed by atoms with Crippen LogP contribution < -0.4 is 4.74 Å². The van der Waals surface area contributed by atoms with E-state index >= 15 is 0 Å². The van der Waals surface area contributed by atoms with Crippen molar-refractivity contribution in [2.45, 2.75) is 40.0 Å². The third kappa shape index (κ3) is 5.44. The van der Waals surface area contributed by atoms with E-state index in [0.29, 0.717) is 23.2 Å². The third-order valence-electron chi connectivity index (χ3n) is 3.27. The van der Waals surface area contributed by atoms with E-state index in [-0.39, 0.29) is 23.2 Å². The lowest BCUT2D eigenvalue weighted by Crippen LogP contribution is -2.25. The maximum absolute atomic E-state index is 12.0. The SMILES string of the molecule is CC(C)(CO)COc1cc(C(=O)CBr)cc(C(C)(C)C)c1. The first-order valence-electron chi connectivity index (χ1n) is 7.07. The van der Waals surface area contributed by atoms with Gasteiger partial charge in [0.15, 0.2) is 5.78 Å². The van der Waals surface area contributed by atoms with Gasteiger partial charge in [-0.2, -0.15) is 0 Å². The van der Waals surface area contributed by atoms with E-state index in [4.69, 9.17) is 4.74 Å². The first kappa shape index (κ1) is 18.2. The van der Waals surface area contributed by atoms with Gasteiger partial charge in [0.1, 0.15) is 5.75 Å². The molecule has 1 aromatic carbocycles. The number of Topliss-reactive ketones (excluding diaryl/α,β-unsaturated/α-hetero) is 1. The van der Waals surface area contributed by atoms with Crippen LogP contribution in [0.3, 0.4) is 0 Å². The molecule has 0 atom stereocenters. The zero-order valence-electron chi connectivity index (χ0n) is 13.5. The number of hydrogen-bond acceptors (Lipinski definition) is 3. The fourth-order valence-electron chi connectivity index (χ4n) is 1.68. The highest BCUT2D eigenvalue weighted by atomic mass is 79.9. The first-order chi connectivity index (χ1) is 9.59. The van der Waals surface area contributed by atoms with Gasteiger partial charge in [-0.3, -0.25) is 4.79 Å². The van der Waals surface area contributed by atoms with Gasteiger partial charge in [0.2, 0.25) is 0 Å². The average molecular weight is 357 g/mol. The molecule has 0 spiro atoms. The van der Waals surface area contributed by atoms with Crippen molar-refractivity contribution in [2.24, 2.45) is 5.41 Å². The highest BCUT2D eigenvalue weighted by Crippen LogP contribution is 2.29. The predicted octanol–water partition coefficient (Wildman–Crippen LogP) is 3.96. The molecule has 0 bridgehead atoms. The second-order valence-electron chi connectivity index (χ2n) is 7.16. The lowest BCUT2D eigenvalue weighted by molar-refractivity contribution is 0.0968. The molecule has 0 aromatic heterocycles. The van der Waals surface area contributed by atoms with Gasteiger partial charge < -0.3 is 9.84 Å². The molecule has 0 saturated carbocycles. The Morgan fingerprint density at radius 3 is 2.29 bits per heavy atom. The number of ether oxygens (including phenoxy) is 1. The Balaban J connectivity index is 3.11. The molecule has 0 heterocycles. The lowest BCUT2D eigenvalue weighted by atomic mass is 9.85. The highest BCUT2D eigenvalue weighted by molar-refractivity contribution is 9.09. The summed E-state index contributed by atoms with van der Waals surface area (Å²) in [6.07, 6.45) is 0. The van der Waals surface area contributed by atoms with Crippen LogP contribution in [0.5, 0.6) is 5.75 Å². The number of carbonyl (C=O) groups excluding carboxylic acids is 1. The number of hydrogen-bond donors (Lipinski definition) is 1. The predicted molar refractivity (Wildman–Crippen MR) is 89.6 cm³/mol. The van der Waals surface area contributed by atoms with Crippen LogP contribution in [0.1, 0.15) is 50.5 Å². The molecule has 0 aliphatic carbocycles. The summed E-state index contributed by atoms with van der Waals surface area (Å²) in [5.74, 6) is 0.709. The van der Waals surface area contributed by atoms with Gasteiger partial charge in [-0.15, -0.1) is 0 Å². The fourth-order valence-corrected chi connectivity index (χ4v) is 2.00. The maximum Gasteiger partial charge on any atom is 0.173 e. The molecule has 118 valence electrons. The topological polar surface area (TPSA) is 46.5 Å². The van der Waals surface area contributed by atoms with Crippen LogP contribution in [-0.4, -0.2) is 29.4 Å². The molecule has 0 aliphatic rings. The molecule has 0 radical (unpaired) electrons. The van der Waals surface area contributed by atoms with Crippen LogP contribution in [0.4, 0.5) is 0 Å². The van der Waals surface area contributed by atoms with E-state index in [9.17, 15) is 9.90 Å². The van der Waals surface area contributed by atoms with Gasteiger partial charge >= 0.3 is 0 Å². The summed E-state index contributed by atoms with van der Waals surface area (Å²) >= 11 is 3.21. The number of halogens is 1. The van der Waals surface area contributed by atoms with Crippen LogP contribution in [0.25, 0.3) is 0 Å². The van der Waals surface area contributed by atoms with Crippen molar-refractivity contribution >= 4 is 21.7 Å². The number of rotatable bonds is 6. The van der Waals surface area contributed by atoms with Gasteiger partial charge in [-0.25, -0.2) is 0 Å². The molecule has 0 saturated heterocycles. The van der Waals surface area contributed by atoms with E-state index in [2.05, 4.69) is 36.7 Å². The van der Waals surface area contributed by atoms with Crippen LogP contribution in [0.15, 0.2) is 18.2 Å². The van der Waals surface area contributed by atoms with Crippen molar-refractivity contribution < 1.29 is 14.6 Å². The van der Waals surface area contributed by atoms with E-state index in [1.807, 2.05) is 26.0 Å². The van der Waals surface area contributed by atoms with Crippen LogP contribution in [-0.2, 0) is 5.41 Å². The molecular weight excluding hydrogens is 332 g/mol. The van der Waals surface area contributed by atoms with E-state index in [0.717, 1.165) is 5.56 Å². The van der Waals surface area contributed by atoms with Crippen molar-refractivity contribution in [1.29, 1.82) is 0 Å². The van der Waals surface area contributed by atoms with E-state index in [1.54, 1.807) is 6.07 Å². The summed E-state index contributed by atoms with van der Waals surface area (Å²) < 4.78 is 5.81. The average Bonchev–Trinajstić information content (AvgIpc) is 2.43. The fraction of sp³-hybridized carbons (Fsp3) is 0.588. The minimum absolute atomic E-state index is 0.0346. The molecule has 21 heavy (non-hydrogen) atoms. The van der Waals surface area contributed by atoms with Crippen molar-refractivity contribution in [1.82, 2.24) is 0 Å². The summed E-state index contributed by atoms with van der Waals surface area (Å²) in [7, 11) is 0. The molecule has 1 aromatic rings. The summed E-state index contributed by atoms with van der Waals surface area (Å²) in [5.41, 5.74) is 1.34. The molecule has 1 rings (SSSR count). The van der Waals surface area contributed by atoms with Gasteiger partial charge in [0.25, 0.3) is 0 Å². The highest BCUT2D eigenvalue weighted by Gasteiger charge is 2.20. The standard InChI is InChI=1S/C17H25BrO3/c1-16(2,3)13-6-12(15(20)9-18)7-14(8-13)21-11-17(4,5)10-19/h6-8,19H,9-11H2,1-5H3. The van der Waals surface area contributed by atoms with Crippen LogP contribution in [0.2, 0.25) is 0 Å². The lowest BCUT2D eigenvalue weighted by Gasteiger charge is -2.24. The Morgan fingerprint density at radius 2 is 1.81 bits per heavy atom.